The average Bonchev–Trinajstić information content (AvgIpc) is 2.92. The van der Waals surface area contributed by atoms with Gasteiger partial charge in [0.25, 0.3) is 0 Å². The predicted molar refractivity (Wildman–Crippen MR) is 88.8 cm³/mol. The zero-order valence-electron chi connectivity index (χ0n) is 12.8. The van der Waals surface area contributed by atoms with Crippen molar-refractivity contribution in [3.8, 4) is 0 Å². The number of aromatic amines is 1. The number of pyridine rings is 1. The van der Waals surface area contributed by atoms with E-state index in [0.29, 0.717) is 18.1 Å². The number of aromatic nitrogens is 2. The fraction of sp³-hybridized carbons (Fsp3) is 0.375. The number of amides is 1. The smallest absolute Gasteiger partial charge is 0.237 e. The summed E-state index contributed by atoms with van der Waals surface area (Å²) in [5.74, 6) is 0.168. The lowest BCUT2D eigenvalue weighted by Crippen LogP contribution is -2.40. The van der Waals surface area contributed by atoms with Crippen LogP contribution in [0.5, 0.6) is 0 Å². The molecule has 1 N–H and O–H groups in total. The lowest BCUT2D eigenvalue weighted by Gasteiger charge is -2.27. The Labute approximate surface area is 134 Å². The summed E-state index contributed by atoms with van der Waals surface area (Å²) in [7, 11) is 3.81. The third-order valence-corrected chi connectivity index (χ3v) is 4.17. The molecule has 5 nitrogen and oxygen atoms in total. The highest BCUT2D eigenvalue weighted by Crippen LogP contribution is 2.28. The van der Waals surface area contributed by atoms with Crippen LogP contribution in [0.15, 0.2) is 24.4 Å². The van der Waals surface area contributed by atoms with Crippen LogP contribution in [0.4, 0.5) is 0 Å². The first kappa shape index (κ1) is 15.1. The van der Waals surface area contributed by atoms with Crippen molar-refractivity contribution >= 4 is 34.1 Å². The van der Waals surface area contributed by atoms with Crippen molar-refractivity contribution in [2.45, 2.75) is 6.42 Å². The van der Waals surface area contributed by atoms with Crippen LogP contribution in [0.2, 0.25) is 5.02 Å². The number of rotatable bonds is 3. The van der Waals surface area contributed by atoms with Crippen LogP contribution in [0.1, 0.15) is 12.1 Å². The first-order valence-electron chi connectivity index (χ1n) is 7.30. The zero-order chi connectivity index (χ0) is 15.7. The monoisotopic (exact) mass is 318 g/mol. The molecule has 1 amide bonds. The molecule has 0 radical (unpaired) electrons. The van der Waals surface area contributed by atoms with E-state index < -0.39 is 0 Å². The van der Waals surface area contributed by atoms with Crippen LogP contribution in [0.25, 0.3) is 16.6 Å². The summed E-state index contributed by atoms with van der Waals surface area (Å²) in [5, 5.41) is 1.64. The van der Waals surface area contributed by atoms with Gasteiger partial charge in [-0.2, -0.15) is 0 Å². The van der Waals surface area contributed by atoms with Gasteiger partial charge in [0.15, 0.2) is 0 Å². The number of likely N-dealkylation sites (N-methyl/N-ethyl adjacent to an activating group) is 1. The van der Waals surface area contributed by atoms with E-state index in [2.05, 4.69) is 16.0 Å². The second-order valence-corrected chi connectivity index (χ2v) is 6.20. The van der Waals surface area contributed by atoms with Gasteiger partial charge in [0.05, 0.1) is 11.6 Å². The summed E-state index contributed by atoms with van der Waals surface area (Å²) in [4.78, 5) is 23.4. The first-order chi connectivity index (χ1) is 10.5. The van der Waals surface area contributed by atoms with Gasteiger partial charge in [-0.3, -0.25) is 4.79 Å². The maximum absolute atomic E-state index is 12.1. The fourth-order valence-corrected chi connectivity index (χ4v) is 2.88. The topological polar surface area (TPSA) is 52.2 Å². The summed E-state index contributed by atoms with van der Waals surface area (Å²) in [5.41, 5.74) is 3.05. The molecule has 1 aliphatic heterocycles. The molecule has 6 heteroatoms. The fourth-order valence-electron chi connectivity index (χ4n) is 2.68. The van der Waals surface area contributed by atoms with E-state index in [4.69, 9.17) is 11.6 Å². The van der Waals surface area contributed by atoms with Gasteiger partial charge >= 0.3 is 0 Å². The number of H-pyrrole nitrogens is 1. The predicted octanol–water partition coefficient (Wildman–Crippen LogP) is 2.39. The number of hydrogen-bond donors (Lipinski definition) is 1. The van der Waals surface area contributed by atoms with Gasteiger partial charge in [0.2, 0.25) is 5.91 Å². The Hall–Kier alpha value is -1.85. The van der Waals surface area contributed by atoms with Crippen LogP contribution in [-0.2, 0) is 4.79 Å². The second-order valence-electron chi connectivity index (χ2n) is 5.79. The highest BCUT2D eigenvalue weighted by atomic mass is 35.5. The number of fused-ring (bicyclic) bond motifs is 1. The van der Waals surface area contributed by atoms with Crippen molar-refractivity contribution in [2.24, 2.45) is 0 Å². The maximum atomic E-state index is 12.1. The van der Waals surface area contributed by atoms with Crippen molar-refractivity contribution in [3.63, 3.8) is 0 Å². The molecule has 3 heterocycles. The average molecular weight is 319 g/mol. The Morgan fingerprint density at radius 1 is 1.50 bits per heavy atom. The Balaban J connectivity index is 1.77. The summed E-state index contributed by atoms with van der Waals surface area (Å²) < 4.78 is 0. The lowest BCUT2D eigenvalue weighted by molar-refractivity contribution is -0.131. The van der Waals surface area contributed by atoms with Crippen LogP contribution in [0.3, 0.4) is 0 Å². The molecule has 0 saturated carbocycles. The standard InChI is InChI=1S/C16H19ClN4O/c1-20(2)10-15(22)21-7-4-11(5-8-21)14-9-12-13(17)3-6-18-16(12)19-14/h3-4,6,9H,5,7-8,10H2,1-2H3,(H,18,19). The molecule has 0 saturated heterocycles. The van der Waals surface area contributed by atoms with Gasteiger partial charge in [-0.15, -0.1) is 0 Å². The first-order valence-corrected chi connectivity index (χ1v) is 7.67. The molecule has 116 valence electrons. The van der Waals surface area contributed by atoms with Crippen LogP contribution < -0.4 is 0 Å². The van der Waals surface area contributed by atoms with Gasteiger partial charge in [0.1, 0.15) is 5.65 Å². The summed E-state index contributed by atoms with van der Waals surface area (Å²) in [6, 6.07) is 3.83. The SMILES string of the molecule is CN(C)CC(=O)N1CC=C(c2cc3c(Cl)ccnc3[nH]2)CC1. The van der Waals surface area contributed by atoms with Crippen molar-refractivity contribution in [1.29, 1.82) is 0 Å². The molecular formula is C16H19ClN4O. The van der Waals surface area contributed by atoms with Crippen molar-refractivity contribution in [1.82, 2.24) is 19.8 Å². The number of hydrogen-bond acceptors (Lipinski definition) is 3. The highest BCUT2D eigenvalue weighted by Gasteiger charge is 2.19. The Kier molecular flexibility index (Phi) is 4.18. The van der Waals surface area contributed by atoms with E-state index >= 15 is 0 Å². The summed E-state index contributed by atoms with van der Waals surface area (Å²) >= 11 is 6.19. The molecule has 0 aliphatic carbocycles. The van der Waals surface area contributed by atoms with Gasteiger partial charge in [-0.25, -0.2) is 4.98 Å². The minimum absolute atomic E-state index is 0.168. The minimum Gasteiger partial charge on any atom is -0.339 e. The zero-order valence-corrected chi connectivity index (χ0v) is 13.5. The molecule has 2 aromatic heterocycles. The Morgan fingerprint density at radius 2 is 2.32 bits per heavy atom. The lowest BCUT2D eigenvalue weighted by atomic mass is 10.0. The quantitative estimate of drug-likeness (QED) is 0.945. The van der Waals surface area contributed by atoms with E-state index in [9.17, 15) is 4.79 Å². The molecule has 1 aliphatic rings. The largest absolute Gasteiger partial charge is 0.339 e. The normalized spacial score (nSPS) is 15.5. The van der Waals surface area contributed by atoms with Crippen LogP contribution in [0, 0.1) is 0 Å². The third kappa shape index (κ3) is 3.00. The van der Waals surface area contributed by atoms with Crippen LogP contribution in [-0.4, -0.2) is 59.4 Å². The van der Waals surface area contributed by atoms with Gasteiger partial charge in [0, 0.05) is 30.4 Å². The number of nitrogens with one attached hydrogen (secondary N) is 1. The Morgan fingerprint density at radius 3 is 2.95 bits per heavy atom. The summed E-state index contributed by atoms with van der Waals surface area (Å²) in [6.45, 7) is 1.85. The van der Waals surface area contributed by atoms with Crippen molar-refractivity contribution in [2.75, 3.05) is 33.7 Å². The van der Waals surface area contributed by atoms with Gasteiger partial charge < -0.3 is 14.8 Å². The number of halogens is 1. The molecule has 0 bridgehead atoms. The summed E-state index contributed by atoms with van der Waals surface area (Å²) in [6.07, 6.45) is 4.64. The third-order valence-electron chi connectivity index (χ3n) is 3.84. The highest BCUT2D eigenvalue weighted by molar-refractivity contribution is 6.35. The maximum Gasteiger partial charge on any atom is 0.237 e. The van der Waals surface area contributed by atoms with E-state index in [1.54, 1.807) is 12.3 Å². The number of carbonyl (C=O) groups excluding carboxylic acids is 1. The number of carbonyl (C=O) groups is 1. The van der Waals surface area contributed by atoms with E-state index in [1.807, 2.05) is 30.0 Å². The van der Waals surface area contributed by atoms with Crippen LogP contribution >= 0.6 is 11.6 Å². The molecule has 22 heavy (non-hydrogen) atoms. The van der Waals surface area contributed by atoms with E-state index in [-0.39, 0.29) is 5.91 Å². The molecule has 0 unspecified atom stereocenters. The van der Waals surface area contributed by atoms with E-state index in [1.165, 1.54) is 5.57 Å². The van der Waals surface area contributed by atoms with E-state index in [0.717, 1.165) is 29.7 Å². The minimum atomic E-state index is 0.168. The second kappa shape index (κ2) is 6.10. The molecule has 0 atom stereocenters. The molecular weight excluding hydrogens is 300 g/mol. The van der Waals surface area contributed by atoms with Gasteiger partial charge in [-0.05, 0) is 38.2 Å². The van der Waals surface area contributed by atoms with Crippen molar-refractivity contribution < 1.29 is 4.79 Å². The molecule has 0 fully saturated rings. The van der Waals surface area contributed by atoms with Gasteiger partial charge in [-0.1, -0.05) is 17.7 Å². The molecule has 0 spiro atoms. The molecule has 2 aromatic rings. The molecule has 0 aromatic carbocycles. The number of nitrogens with zero attached hydrogens (tertiary/aromatic N) is 3. The Bertz CT molecular complexity index is 735. The molecule has 3 rings (SSSR count). The van der Waals surface area contributed by atoms with Crippen molar-refractivity contribution in [3.05, 3.63) is 35.1 Å².